The fourth-order valence-corrected chi connectivity index (χ4v) is 6.09. The minimum atomic E-state index is -0.564. The van der Waals surface area contributed by atoms with E-state index in [1.165, 1.54) is 16.7 Å². The Morgan fingerprint density at radius 3 is 2.15 bits per heavy atom. The Morgan fingerprint density at radius 1 is 0.927 bits per heavy atom. The summed E-state index contributed by atoms with van der Waals surface area (Å²) in [7, 11) is 0. The van der Waals surface area contributed by atoms with Crippen LogP contribution in [0, 0.1) is 19.8 Å². The normalized spacial score (nSPS) is 18.6. The van der Waals surface area contributed by atoms with E-state index in [2.05, 4.69) is 56.9 Å². The Balaban J connectivity index is 1.67. The predicted octanol–water partition coefficient (Wildman–Crippen LogP) is 8.05. The minimum Gasteiger partial charge on any atom is -0.456 e. The average Bonchev–Trinajstić information content (AvgIpc) is 3.30. The summed E-state index contributed by atoms with van der Waals surface area (Å²) in [6.45, 7) is 22.1. The van der Waals surface area contributed by atoms with Gasteiger partial charge in [-0.15, -0.1) is 0 Å². The first-order valence-electron chi connectivity index (χ1n) is 14.9. The third kappa shape index (κ3) is 7.21. The Bertz CT molecular complexity index is 1400. The number of aromatic nitrogens is 1. The summed E-state index contributed by atoms with van der Waals surface area (Å²) in [4.78, 5) is 28.3. The van der Waals surface area contributed by atoms with Crippen LogP contribution in [-0.4, -0.2) is 51.9 Å². The fraction of sp³-hybridized carbons (Fsp3) is 0.543. The molecule has 0 saturated carbocycles. The molecule has 222 valence electrons. The first-order chi connectivity index (χ1) is 19.0. The number of benzene rings is 2. The van der Waals surface area contributed by atoms with Crippen molar-refractivity contribution in [3.8, 4) is 0 Å². The number of fused-ring (bicyclic) bond motifs is 1. The van der Waals surface area contributed by atoms with Gasteiger partial charge in [0.15, 0.2) is 0 Å². The number of esters is 1. The molecule has 0 radical (unpaired) electrons. The third-order valence-electron chi connectivity index (χ3n) is 8.04. The Kier molecular flexibility index (Phi) is 8.75. The van der Waals surface area contributed by atoms with Crippen LogP contribution >= 0.6 is 0 Å². The highest BCUT2D eigenvalue weighted by atomic mass is 16.6. The van der Waals surface area contributed by atoms with E-state index in [1.54, 1.807) is 4.57 Å². The molecule has 3 aromatic rings. The highest BCUT2D eigenvalue weighted by Crippen LogP contribution is 2.38. The van der Waals surface area contributed by atoms with Gasteiger partial charge in [0.2, 0.25) is 0 Å². The highest BCUT2D eigenvalue weighted by molar-refractivity contribution is 5.94. The monoisotopic (exact) mass is 560 g/mol. The maximum Gasteiger partial charge on any atom is 0.418 e. The number of hydrogen-bond donors (Lipinski definition) is 0. The first kappa shape index (κ1) is 30.8. The molecule has 2 aromatic carbocycles. The van der Waals surface area contributed by atoms with E-state index in [0.29, 0.717) is 23.4 Å². The van der Waals surface area contributed by atoms with Crippen LogP contribution in [0.3, 0.4) is 0 Å². The number of carbonyl (C=O) groups is 2. The van der Waals surface area contributed by atoms with Crippen molar-refractivity contribution in [2.45, 2.75) is 105 Å². The van der Waals surface area contributed by atoms with E-state index in [-0.39, 0.29) is 12.1 Å². The van der Waals surface area contributed by atoms with Crippen LogP contribution < -0.4 is 0 Å². The molecular weight excluding hydrogens is 512 g/mol. The summed E-state index contributed by atoms with van der Waals surface area (Å²) in [5, 5.41) is 1.12. The summed E-state index contributed by atoms with van der Waals surface area (Å²) in [5.41, 5.74) is 5.29. The van der Waals surface area contributed by atoms with Gasteiger partial charge in [-0.25, -0.2) is 9.59 Å². The quantitative estimate of drug-likeness (QED) is 0.296. The zero-order valence-corrected chi connectivity index (χ0v) is 26.6. The van der Waals surface area contributed by atoms with E-state index in [4.69, 9.17) is 9.47 Å². The van der Waals surface area contributed by atoms with Gasteiger partial charge in [0.05, 0.1) is 11.1 Å². The lowest BCUT2D eigenvalue weighted by Crippen LogP contribution is -2.43. The molecule has 0 amide bonds. The molecule has 4 rings (SSSR count). The molecule has 1 aliphatic heterocycles. The maximum absolute atomic E-state index is 13.1. The van der Waals surface area contributed by atoms with E-state index >= 15 is 0 Å². The molecule has 6 nitrogen and oxygen atoms in total. The zero-order valence-electron chi connectivity index (χ0n) is 26.6. The van der Waals surface area contributed by atoms with E-state index < -0.39 is 11.2 Å². The Labute approximate surface area is 246 Å². The van der Waals surface area contributed by atoms with Gasteiger partial charge in [-0.05, 0) is 141 Å². The summed E-state index contributed by atoms with van der Waals surface area (Å²) in [6.07, 6.45) is 3.51. The molecule has 0 unspecified atom stereocenters. The number of nitrogens with zero attached hydrogens (tertiary/aromatic N) is 2. The van der Waals surface area contributed by atoms with Crippen LogP contribution in [0.2, 0.25) is 0 Å². The molecule has 1 aliphatic rings. The smallest absolute Gasteiger partial charge is 0.418 e. The first-order valence-corrected chi connectivity index (χ1v) is 14.9. The van der Waals surface area contributed by atoms with Gasteiger partial charge in [-0.2, -0.15) is 0 Å². The highest BCUT2D eigenvalue weighted by Gasteiger charge is 2.33. The van der Waals surface area contributed by atoms with Crippen molar-refractivity contribution in [3.63, 3.8) is 0 Å². The number of aryl methyl sites for hydroxylation is 2. The molecule has 0 bridgehead atoms. The molecule has 41 heavy (non-hydrogen) atoms. The average molecular weight is 561 g/mol. The lowest BCUT2D eigenvalue weighted by molar-refractivity contribution is 0.00691. The number of hydrogen-bond acceptors (Lipinski definition) is 5. The van der Waals surface area contributed by atoms with E-state index in [0.717, 1.165) is 42.4 Å². The van der Waals surface area contributed by atoms with Gasteiger partial charge < -0.3 is 14.4 Å². The summed E-state index contributed by atoms with van der Waals surface area (Å²) in [6, 6.07) is 12.8. The molecule has 6 heteroatoms. The fourth-order valence-electron chi connectivity index (χ4n) is 6.09. The number of carbonyl (C=O) groups excluding carboxylic acids is 2. The second-order valence-corrected chi connectivity index (χ2v) is 14.0. The summed E-state index contributed by atoms with van der Waals surface area (Å²) < 4.78 is 13.0. The molecular formula is C35H48N2O4. The van der Waals surface area contributed by atoms with Crippen LogP contribution in [0.1, 0.15) is 100 Å². The van der Waals surface area contributed by atoms with Crippen molar-refractivity contribution >= 4 is 23.0 Å². The van der Waals surface area contributed by atoms with Gasteiger partial charge in [0.1, 0.15) is 11.2 Å². The molecule has 1 aromatic heterocycles. The van der Waals surface area contributed by atoms with Gasteiger partial charge in [0, 0.05) is 24.2 Å². The van der Waals surface area contributed by atoms with Gasteiger partial charge in [-0.3, -0.25) is 4.57 Å². The Hall–Kier alpha value is -3.12. The zero-order chi connectivity index (χ0) is 30.3. The minimum absolute atomic E-state index is 0.291. The number of likely N-dealkylation sites (tertiary alicyclic amines) is 1. The molecule has 1 saturated heterocycles. The number of rotatable bonds is 5. The van der Waals surface area contributed by atoms with Gasteiger partial charge >= 0.3 is 12.1 Å². The van der Waals surface area contributed by atoms with Crippen molar-refractivity contribution in [1.29, 1.82) is 0 Å². The van der Waals surface area contributed by atoms with Crippen molar-refractivity contribution in [1.82, 2.24) is 9.47 Å². The predicted molar refractivity (Wildman–Crippen MR) is 166 cm³/mol. The number of piperidine rings is 1. The molecule has 2 heterocycles. The van der Waals surface area contributed by atoms with Crippen LogP contribution in [0.25, 0.3) is 10.9 Å². The largest absolute Gasteiger partial charge is 0.456 e. The second-order valence-electron chi connectivity index (χ2n) is 14.0. The van der Waals surface area contributed by atoms with Crippen molar-refractivity contribution in [3.05, 3.63) is 70.4 Å². The van der Waals surface area contributed by atoms with Crippen LogP contribution in [0.5, 0.6) is 0 Å². The maximum atomic E-state index is 13.1. The lowest BCUT2D eigenvalue weighted by Gasteiger charge is -2.41. The van der Waals surface area contributed by atoms with E-state index in [9.17, 15) is 9.59 Å². The standard InChI is InChI=1S/C35H48N2O4/c1-22(2)36-17-15-27(30(21-36)25-11-13-26(14-12-25)32(38)40-34(5,6)7)20-29-23(3)19-24(4)31-28(29)16-18-37(31)33(39)41-35(8,9)10/h11-14,16,18-19,22,27,30H,15,17,20-21H2,1-10H3/t27-,30-/m0/s1. The molecule has 2 atom stereocenters. The van der Waals surface area contributed by atoms with Crippen molar-refractivity contribution in [2.75, 3.05) is 13.1 Å². The SMILES string of the molecule is Cc1cc(C)c2c(ccn2C(=O)OC(C)(C)C)c1C[C@@H]1CCN(C(C)C)C[C@H]1c1ccc(C(=O)OC(C)(C)C)cc1. The topological polar surface area (TPSA) is 60.8 Å². The van der Waals surface area contributed by atoms with Gasteiger partial charge in [-0.1, -0.05) is 18.2 Å². The number of ether oxygens (including phenoxy) is 2. The summed E-state index contributed by atoms with van der Waals surface area (Å²) in [5.74, 6) is 0.453. The molecule has 1 fully saturated rings. The van der Waals surface area contributed by atoms with E-state index in [1.807, 2.05) is 59.9 Å². The second kappa shape index (κ2) is 11.6. The summed E-state index contributed by atoms with van der Waals surface area (Å²) >= 11 is 0. The molecule has 0 spiro atoms. The van der Waals surface area contributed by atoms with Crippen molar-refractivity contribution < 1.29 is 19.1 Å². The lowest BCUT2D eigenvalue weighted by atomic mass is 9.76. The molecule has 0 N–H and O–H groups in total. The van der Waals surface area contributed by atoms with Crippen molar-refractivity contribution in [2.24, 2.45) is 5.92 Å². The van der Waals surface area contributed by atoms with Crippen LogP contribution in [0.15, 0.2) is 42.6 Å². The van der Waals surface area contributed by atoms with Crippen LogP contribution in [0.4, 0.5) is 4.79 Å². The van der Waals surface area contributed by atoms with Crippen LogP contribution in [-0.2, 0) is 15.9 Å². The third-order valence-corrected chi connectivity index (χ3v) is 8.04. The Morgan fingerprint density at radius 2 is 1.56 bits per heavy atom. The molecule has 0 aliphatic carbocycles. The van der Waals surface area contributed by atoms with Gasteiger partial charge in [0.25, 0.3) is 0 Å².